The normalized spacial score (nSPS) is 12.4. The van der Waals surface area contributed by atoms with Crippen molar-refractivity contribution >= 4 is 34.6 Å². The third-order valence-electron chi connectivity index (χ3n) is 2.46. The number of aliphatic carboxylic acids is 2. The first-order valence-electron chi connectivity index (χ1n) is 5.25. The number of carbonyl (C=O) groups is 2. The van der Waals surface area contributed by atoms with Gasteiger partial charge in [0.25, 0.3) is 0 Å². The van der Waals surface area contributed by atoms with E-state index in [4.69, 9.17) is 10.2 Å². The van der Waals surface area contributed by atoms with E-state index in [1.54, 1.807) is 6.20 Å². The van der Waals surface area contributed by atoms with Crippen molar-refractivity contribution in [3.05, 3.63) is 30.5 Å². The molecule has 0 saturated heterocycles. The molecule has 18 heavy (non-hydrogen) atoms. The topological polar surface area (TPSA) is 90.4 Å². The number of aromatic amines is 1. The third kappa shape index (κ3) is 2.65. The lowest BCUT2D eigenvalue weighted by Crippen LogP contribution is -2.20. The largest absolute Gasteiger partial charge is 0.481 e. The van der Waals surface area contributed by atoms with E-state index in [1.165, 1.54) is 0 Å². The molecule has 0 unspecified atom stereocenters. The van der Waals surface area contributed by atoms with E-state index >= 15 is 0 Å². The number of H-pyrrole nitrogens is 1. The van der Waals surface area contributed by atoms with E-state index in [1.807, 2.05) is 24.3 Å². The lowest BCUT2D eigenvalue weighted by Gasteiger charge is -2.08. The number of carboxylic acid groups (broad SMARTS) is 2. The predicted molar refractivity (Wildman–Crippen MR) is 67.8 cm³/mol. The number of fused-ring (bicyclic) bond motifs is 1. The van der Waals surface area contributed by atoms with Gasteiger partial charge in [-0.2, -0.15) is 0 Å². The standard InChI is InChI=1S/C12H11NO4S/c14-11(15)5-9(12(16)17)18-10-6-13-8-4-2-1-3-7(8)10/h1-4,6,9,13H,5H2,(H,14,15)(H,16,17)/t9-/m0/s1. The van der Waals surface area contributed by atoms with Gasteiger partial charge in [-0.25, -0.2) is 0 Å². The van der Waals surface area contributed by atoms with E-state index in [0.29, 0.717) is 0 Å². The third-order valence-corrected chi connectivity index (χ3v) is 3.70. The molecule has 2 aromatic rings. The average molecular weight is 265 g/mol. The molecule has 0 aliphatic rings. The molecule has 1 atom stereocenters. The van der Waals surface area contributed by atoms with Crippen molar-refractivity contribution in [2.45, 2.75) is 16.6 Å². The Bertz CT molecular complexity index is 593. The lowest BCUT2D eigenvalue weighted by molar-refractivity contribution is -0.142. The summed E-state index contributed by atoms with van der Waals surface area (Å²) < 4.78 is 0. The zero-order chi connectivity index (χ0) is 13.1. The molecule has 1 aromatic carbocycles. The van der Waals surface area contributed by atoms with Gasteiger partial charge < -0.3 is 15.2 Å². The average Bonchev–Trinajstić information content (AvgIpc) is 2.71. The van der Waals surface area contributed by atoms with Gasteiger partial charge in [-0.3, -0.25) is 9.59 Å². The van der Waals surface area contributed by atoms with Crippen LogP contribution in [0.5, 0.6) is 0 Å². The molecule has 1 heterocycles. The minimum absolute atomic E-state index is 0.403. The molecule has 0 bridgehead atoms. The highest BCUT2D eigenvalue weighted by molar-refractivity contribution is 8.00. The fourth-order valence-corrected chi connectivity index (χ4v) is 2.70. The zero-order valence-electron chi connectivity index (χ0n) is 9.29. The summed E-state index contributed by atoms with van der Waals surface area (Å²) in [7, 11) is 0. The van der Waals surface area contributed by atoms with Crippen LogP contribution in [0.25, 0.3) is 10.9 Å². The summed E-state index contributed by atoms with van der Waals surface area (Å²) in [6.45, 7) is 0. The van der Waals surface area contributed by atoms with E-state index < -0.39 is 23.6 Å². The molecule has 0 saturated carbocycles. The molecular formula is C12H11NO4S. The van der Waals surface area contributed by atoms with Gasteiger partial charge in [-0.05, 0) is 6.07 Å². The lowest BCUT2D eigenvalue weighted by atomic mass is 10.2. The van der Waals surface area contributed by atoms with Gasteiger partial charge in [-0.15, -0.1) is 11.8 Å². The molecule has 2 rings (SSSR count). The van der Waals surface area contributed by atoms with Gasteiger partial charge >= 0.3 is 11.9 Å². The van der Waals surface area contributed by atoms with Crippen molar-refractivity contribution in [3.63, 3.8) is 0 Å². The van der Waals surface area contributed by atoms with Crippen LogP contribution in [0.3, 0.4) is 0 Å². The monoisotopic (exact) mass is 265 g/mol. The van der Waals surface area contributed by atoms with Crippen molar-refractivity contribution in [2.75, 3.05) is 0 Å². The van der Waals surface area contributed by atoms with Gasteiger partial charge in [0.05, 0.1) is 6.42 Å². The summed E-state index contributed by atoms with van der Waals surface area (Å²) in [6.07, 6.45) is 1.30. The summed E-state index contributed by atoms with van der Waals surface area (Å²) in [5, 5.41) is 17.6. The molecule has 0 amide bonds. The Kier molecular flexibility index (Phi) is 3.57. The van der Waals surface area contributed by atoms with Crippen LogP contribution in [-0.4, -0.2) is 32.4 Å². The first kappa shape index (κ1) is 12.5. The number of hydrogen-bond donors (Lipinski definition) is 3. The molecule has 0 aliphatic heterocycles. The number of rotatable bonds is 5. The van der Waals surface area contributed by atoms with E-state index in [-0.39, 0.29) is 0 Å². The molecule has 1 aromatic heterocycles. The second kappa shape index (κ2) is 5.14. The maximum Gasteiger partial charge on any atom is 0.317 e. The first-order chi connectivity index (χ1) is 8.58. The molecular weight excluding hydrogens is 254 g/mol. The minimum Gasteiger partial charge on any atom is -0.481 e. The molecule has 94 valence electrons. The van der Waals surface area contributed by atoms with E-state index in [0.717, 1.165) is 27.6 Å². The Morgan fingerprint density at radius 2 is 2.00 bits per heavy atom. The van der Waals surface area contributed by atoms with Crippen LogP contribution in [0, 0.1) is 0 Å². The molecule has 3 N–H and O–H groups in total. The fraction of sp³-hybridized carbons (Fsp3) is 0.167. The highest BCUT2D eigenvalue weighted by atomic mass is 32.2. The van der Waals surface area contributed by atoms with Crippen LogP contribution in [0.15, 0.2) is 35.4 Å². The van der Waals surface area contributed by atoms with Crippen LogP contribution in [0.1, 0.15) is 6.42 Å². The van der Waals surface area contributed by atoms with E-state index in [9.17, 15) is 9.59 Å². The van der Waals surface area contributed by atoms with Crippen molar-refractivity contribution in [3.8, 4) is 0 Å². The second-order valence-electron chi connectivity index (χ2n) is 3.74. The molecule has 0 spiro atoms. The molecule has 0 fully saturated rings. The second-order valence-corrected chi connectivity index (χ2v) is 4.99. The van der Waals surface area contributed by atoms with E-state index in [2.05, 4.69) is 4.98 Å². The summed E-state index contributed by atoms with van der Waals surface area (Å²) >= 11 is 1.05. The zero-order valence-corrected chi connectivity index (χ0v) is 10.1. The van der Waals surface area contributed by atoms with Gasteiger partial charge in [0.1, 0.15) is 5.25 Å². The van der Waals surface area contributed by atoms with Crippen molar-refractivity contribution < 1.29 is 19.8 Å². The van der Waals surface area contributed by atoms with Crippen molar-refractivity contribution in [2.24, 2.45) is 0 Å². The van der Waals surface area contributed by atoms with Crippen molar-refractivity contribution in [1.29, 1.82) is 0 Å². The fourth-order valence-electron chi connectivity index (χ4n) is 1.63. The minimum atomic E-state index is -1.12. The van der Waals surface area contributed by atoms with Gasteiger partial charge in [0.2, 0.25) is 0 Å². The summed E-state index contributed by atoms with van der Waals surface area (Å²) in [5.74, 6) is -2.23. The Labute approximate surface area is 107 Å². The van der Waals surface area contributed by atoms with Crippen LogP contribution in [0.2, 0.25) is 0 Å². The number of benzene rings is 1. The first-order valence-corrected chi connectivity index (χ1v) is 6.13. The Morgan fingerprint density at radius 1 is 1.28 bits per heavy atom. The Hall–Kier alpha value is -1.95. The molecule has 0 radical (unpaired) electrons. The van der Waals surface area contributed by atoms with Crippen LogP contribution < -0.4 is 0 Å². The number of hydrogen-bond acceptors (Lipinski definition) is 3. The highest BCUT2D eigenvalue weighted by Gasteiger charge is 2.23. The SMILES string of the molecule is O=C(O)C[C@H](Sc1c[nH]c2ccccc12)C(=O)O. The summed E-state index contributed by atoms with van der Waals surface area (Å²) in [6, 6.07) is 7.48. The maximum atomic E-state index is 11.0. The number of thioether (sulfide) groups is 1. The molecule has 6 heteroatoms. The summed E-state index contributed by atoms with van der Waals surface area (Å²) in [5.41, 5.74) is 0.902. The van der Waals surface area contributed by atoms with Gasteiger partial charge in [0, 0.05) is 22.0 Å². The number of aromatic nitrogens is 1. The Morgan fingerprint density at radius 3 is 2.67 bits per heavy atom. The summed E-state index contributed by atoms with van der Waals surface area (Å²) in [4.78, 5) is 25.4. The van der Waals surface area contributed by atoms with Crippen LogP contribution in [-0.2, 0) is 9.59 Å². The smallest absolute Gasteiger partial charge is 0.317 e. The molecule has 0 aliphatic carbocycles. The predicted octanol–water partition coefficient (Wildman–Crippen LogP) is 2.19. The van der Waals surface area contributed by atoms with Gasteiger partial charge in [-0.1, -0.05) is 18.2 Å². The quantitative estimate of drug-likeness (QED) is 0.721. The molecule has 5 nitrogen and oxygen atoms in total. The Balaban J connectivity index is 2.26. The van der Waals surface area contributed by atoms with Crippen LogP contribution in [0.4, 0.5) is 0 Å². The maximum absolute atomic E-state index is 11.0. The van der Waals surface area contributed by atoms with Gasteiger partial charge in [0.15, 0.2) is 0 Å². The van der Waals surface area contributed by atoms with Crippen LogP contribution >= 0.6 is 11.8 Å². The van der Waals surface area contributed by atoms with Crippen molar-refractivity contribution in [1.82, 2.24) is 4.98 Å². The number of carboxylic acids is 2. The highest BCUT2D eigenvalue weighted by Crippen LogP contribution is 2.32. The number of para-hydroxylation sites is 1. The number of nitrogens with one attached hydrogen (secondary N) is 1.